The van der Waals surface area contributed by atoms with E-state index in [2.05, 4.69) is 0 Å². The maximum atomic E-state index is 12.6. The minimum atomic E-state index is -4.41. The van der Waals surface area contributed by atoms with Gasteiger partial charge in [-0.05, 0) is 42.5 Å². The van der Waals surface area contributed by atoms with Gasteiger partial charge in [-0.15, -0.1) is 0 Å². The van der Waals surface area contributed by atoms with Crippen LogP contribution >= 0.6 is 11.6 Å². The molecule has 2 rings (SSSR count). The van der Waals surface area contributed by atoms with Crippen LogP contribution in [-0.4, -0.2) is 0 Å². The number of halogens is 4. The van der Waals surface area contributed by atoms with Crippen molar-refractivity contribution in [2.45, 2.75) is 31.5 Å². The van der Waals surface area contributed by atoms with Crippen molar-refractivity contribution in [1.82, 2.24) is 0 Å². The summed E-state index contributed by atoms with van der Waals surface area (Å²) in [6, 6.07) is 2.20. The standard InChI is InChI=1S/C11H11ClF3N/c12-9-4-6-2-1-3-10(16)7(6)5-8(9)11(13,14)15/h4-5,10H,1-3,16H2. The number of rotatable bonds is 0. The Hall–Kier alpha value is -0.740. The first-order valence-corrected chi connectivity index (χ1v) is 5.42. The molecule has 1 atom stereocenters. The SMILES string of the molecule is NC1CCCc2cc(Cl)c(C(F)(F)F)cc21. The highest BCUT2D eigenvalue weighted by molar-refractivity contribution is 6.31. The van der Waals surface area contributed by atoms with Crippen LogP contribution < -0.4 is 5.73 Å². The molecule has 0 saturated heterocycles. The van der Waals surface area contributed by atoms with Gasteiger partial charge in [-0.2, -0.15) is 13.2 Å². The zero-order chi connectivity index (χ0) is 11.9. The quantitative estimate of drug-likeness (QED) is 0.746. The zero-order valence-corrected chi connectivity index (χ0v) is 9.20. The van der Waals surface area contributed by atoms with Crippen LogP contribution in [0.25, 0.3) is 0 Å². The van der Waals surface area contributed by atoms with Crippen LogP contribution in [0.15, 0.2) is 12.1 Å². The summed E-state index contributed by atoms with van der Waals surface area (Å²) in [5.41, 5.74) is 6.44. The Balaban J connectivity index is 2.54. The molecule has 0 amide bonds. The van der Waals surface area contributed by atoms with Crippen molar-refractivity contribution < 1.29 is 13.2 Å². The van der Waals surface area contributed by atoms with Crippen LogP contribution in [-0.2, 0) is 12.6 Å². The molecule has 1 aromatic rings. The number of nitrogens with two attached hydrogens (primary N) is 1. The summed E-state index contributed by atoms with van der Waals surface area (Å²) in [6.45, 7) is 0. The van der Waals surface area contributed by atoms with E-state index in [-0.39, 0.29) is 11.1 Å². The van der Waals surface area contributed by atoms with Gasteiger partial charge in [0.2, 0.25) is 0 Å². The number of hydrogen-bond acceptors (Lipinski definition) is 1. The van der Waals surface area contributed by atoms with E-state index in [1.54, 1.807) is 0 Å². The molecule has 0 heterocycles. The highest BCUT2D eigenvalue weighted by Gasteiger charge is 2.34. The summed E-state index contributed by atoms with van der Waals surface area (Å²) in [6.07, 6.45) is -2.04. The van der Waals surface area contributed by atoms with E-state index in [9.17, 15) is 13.2 Å². The van der Waals surface area contributed by atoms with Crippen LogP contribution in [0.1, 0.15) is 35.6 Å². The summed E-state index contributed by atoms with van der Waals surface area (Å²) in [4.78, 5) is 0. The molecule has 1 aromatic carbocycles. The van der Waals surface area contributed by atoms with E-state index in [1.165, 1.54) is 6.07 Å². The highest BCUT2D eigenvalue weighted by atomic mass is 35.5. The minimum absolute atomic E-state index is 0.236. The topological polar surface area (TPSA) is 26.0 Å². The van der Waals surface area contributed by atoms with Crippen LogP contribution in [0.2, 0.25) is 5.02 Å². The number of alkyl halides is 3. The van der Waals surface area contributed by atoms with E-state index in [4.69, 9.17) is 17.3 Å². The lowest BCUT2D eigenvalue weighted by Crippen LogP contribution is -2.19. The number of fused-ring (bicyclic) bond motifs is 1. The molecule has 0 aromatic heterocycles. The predicted octanol–water partition coefficient (Wildman–Crippen LogP) is 3.69. The largest absolute Gasteiger partial charge is 0.417 e. The normalized spacial score (nSPS) is 20.7. The second kappa shape index (κ2) is 3.93. The minimum Gasteiger partial charge on any atom is -0.324 e. The summed E-state index contributed by atoms with van der Waals surface area (Å²) >= 11 is 5.63. The maximum absolute atomic E-state index is 12.6. The highest BCUT2D eigenvalue weighted by Crippen LogP contribution is 2.39. The Morgan fingerprint density at radius 1 is 1.31 bits per heavy atom. The van der Waals surface area contributed by atoms with Gasteiger partial charge < -0.3 is 5.73 Å². The molecule has 16 heavy (non-hydrogen) atoms. The molecule has 2 N–H and O–H groups in total. The lowest BCUT2D eigenvalue weighted by molar-refractivity contribution is -0.137. The summed E-state index contributed by atoms with van der Waals surface area (Å²) in [5, 5.41) is -0.236. The molecule has 0 spiro atoms. The van der Waals surface area contributed by atoms with Gasteiger partial charge in [0.1, 0.15) is 0 Å². The van der Waals surface area contributed by atoms with Crippen LogP contribution in [0.3, 0.4) is 0 Å². The summed E-state index contributed by atoms with van der Waals surface area (Å²) < 4.78 is 37.9. The van der Waals surface area contributed by atoms with Crippen molar-refractivity contribution in [3.8, 4) is 0 Å². The molecule has 0 fully saturated rings. The first-order chi connectivity index (χ1) is 7.39. The molecule has 1 unspecified atom stereocenters. The molecule has 0 radical (unpaired) electrons. The van der Waals surface area contributed by atoms with Crippen LogP contribution in [0.4, 0.5) is 13.2 Å². The van der Waals surface area contributed by atoms with E-state index in [0.29, 0.717) is 5.56 Å². The Kier molecular flexibility index (Phi) is 2.88. The Morgan fingerprint density at radius 3 is 2.62 bits per heavy atom. The van der Waals surface area contributed by atoms with Crippen molar-refractivity contribution >= 4 is 11.6 Å². The molecule has 0 aliphatic heterocycles. The Morgan fingerprint density at radius 2 is 2.00 bits per heavy atom. The number of hydrogen-bond donors (Lipinski definition) is 1. The monoisotopic (exact) mass is 249 g/mol. The molecular weight excluding hydrogens is 239 g/mol. The molecule has 0 saturated carbocycles. The fourth-order valence-electron chi connectivity index (χ4n) is 2.08. The number of benzene rings is 1. The van der Waals surface area contributed by atoms with Gasteiger partial charge >= 0.3 is 6.18 Å². The average molecular weight is 250 g/mol. The predicted molar refractivity (Wildman–Crippen MR) is 56.3 cm³/mol. The smallest absolute Gasteiger partial charge is 0.324 e. The summed E-state index contributed by atoms with van der Waals surface area (Å²) in [7, 11) is 0. The third-order valence-electron chi connectivity index (χ3n) is 2.90. The Bertz CT molecular complexity index is 414. The lowest BCUT2D eigenvalue weighted by atomic mass is 9.87. The van der Waals surface area contributed by atoms with Crippen molar-refractivity contribution in [1.29, 1.82) is 0 Å². The van der Waals surface area contributed by atoms with E-state index < -0.39 is 11.7 Å². The van der Waals surface area contributed by atoms with Gasteiger partial charge in [-0.25, -0.2) is 0 Å². The van der Waals surface area contributed by atoms with Gasteiger partial charge in [0.25, 0.3) is 0 Å². The molecule has 0 bridgehead atoms. The van der Waals surface area contributed by atoms with Gasteiger partial charge in [-0.1, -0.05) is 11.6 Å². The Labute approximate surface area is 96.4 Å². The zero-order valence-electron chi connectivity index (χ0n) is 8.44. The van der Waals surface area contributed by atoms with E-state index in [1.807, 2.05) is 0 Å². The number of aryl methyl sites for hydroxylation is 1. The van der Waals surface area contributed by atoms with Crippen molar-refractivity contribution in [2.24, 2.45) is 5.73 Å². The molecule has 5 heteroatoms. The van der Waals surface area contributed by atoms with Gasteiger partial charge in [-0.3, -0.25) is 0 Å². The second-order valence-electron chi connectivity index (χ2n) is 4.03. The first kappa shape index (κ1) is 11.7. The molecule has 88 valence electrons. The third-order valence-corrected chi connectivity index (χ3v) is 3.21. The second-order valence-corrected chi connectivity index (χ2v) is 4.43. The maximum Gasteiger partial charge on any atom is 0.417 e. The van der Waals surface area contributed by atoms with E-state index in [0.717, 1.165) is 30.9 Å². The first-order valence-electron chi connectivity index (χ1n) is 5.04. The average Bonchev–Trinajstić information content (AvgIpc) is 2.15. The third kappa shape index (κ3) is 2.04. The molecule has 1 nitrogen and oxygen atoms in total. The molecule has 1 aliphatic rings. The lowest BCUT2D eigenvalue weighted by Gasteiger charge is -2.24. The van der Waals surface area contributed by atoms with E-state index >= 15 is 0 Å². The fraction of sp³-hybridized carbons (Fsp3) is 0.455. The summed E-state index contributed by atoms with van der Waals surface area (Å²) in [5.74, 6) is 0. The van der Waals surface area contributed by atoms with Gasteiger partial charge in [0, 0.05) is 6.04 Å². The van der Waals surface area contributed by atoms with Gasteiger partial charge in [0.05, 0.1) is 10.6 Å². The van der Waals surface area contributed by atoms with Crippen molar-refractivity contribution in [3.63, 3.8) is 0 Å². The molecular formula is C11H11ClF3N. The van der Waals surface area contributed by atoms with Crippen molar-refractivity contribution in [3.05, 3.63) is 33.8 Å². The van der Waals surface area contributed by atoms with Crippen LogP contribution in [0.5, 0.6) is 0 Å². The van der Waals surface area contributed by atoms with Crippen LogP contribution in [0, 0.1) is 0 Å². The van der Waals surface area contributed by atoms with Crippen molar-refractivity contribution in [2.75, 3.05) is 0 Å². The van der Waals surface area contributed by atoms with Gasteiger partial charge in [0.15, 0.2) is 0 Å². The molecule has 1 aliphatic carbocycles. The fourth-order valence-corrected chi connectivity index (χ4v) is 2.37.